The molecule has 0 atom stereocenters. The third-order valence-corrected chi connectivity index (χ3v) is 6.28. The molecular weight excluding hydrogens is 352 g/mol. The molecule has 0 aromatic carbocycles. The highest BCUT2D eigenvalue weighted by Crippen LogP contribution is 2.15. The van der Waals surface area contributed by atoms with E-state index in [4.69, 9.17) is 4.74 Å². The summed E-state index contributed by atoms with van der Waals surface area (Å²) in [5.41, 5.74) is 0. The Balaban J connectivity index is 2.97. The lowest BCUT2D eigenvalue weighted by atomic mass is 10.0. The van der Waals surface area contributed by atoms with Crippen LogP contribution in [-0.2, 0) is 4.74 Å². The third kappa shape index (κ3) is 28.0. The Morgan fingerprint density at radius 1 is 0.276 bits per heavy atom. The quantitative estimate of drug-likeness (QED) is 0.129. The van der Waals surface area contributed by atoms with E-state index in [2.05, 4.69) is 13.8 Å². The number of unbranched alkanes of at least 4 members (excludes halogenated alkanes) is 22. The van der Waals surface area contributed by atoms with Gasteiger partial charge < -0.3 is 4.74 Å². The molecule has 0 spiro atoms. The monoisotopic (exact) mass is 410 g/mol. The van der Waals surface area contributed by atoms with Gasteiger partial charge in [-0.05, 0) is 12.8 Å². The summed E-state index contributed by atoms with van der Waals surface area (Å²) in [7, 11) is 0. The lowest BCUT2D eigenvalue weighted by Crippen LogP contribution is -1.96. The van der Waals surface area contributed by atoms with E-state index in [1.807, 2.05) is 0 Å². The number of hydrogen-bond acceptors (Lipinski definition) is 1. The zero-order chi connectivity index (χ0) is 21.1. The number of rotatable bonds is 26. The van der Waals surface area contributed by atoms with Crippen LogP contribution in [-0.4, -0.2) is 13.2 Å². The van der Waals surface area contributed by atoms with E-state index in [1.54, 1.807) is 0 Å². The Bertz CT molecular complexity index is 237. The molecule has 0 rings (SSSR count). The van der Waals surface area contributed by atoms with E-state index in [-0.39, 0.29) is 0 Å². The largest absolute Gasteiger partial charge is 0.381 e. The molecule has 0 aromatic rings. The summed E-state index contributed by atoms with van der Waals surface area (Å²) in [6.07, 6.45) is 34.4. The van der Waals surface area contributed by atoms with Crippen LogP contribution in [0, 0.1) is 0 Å². The summed E-state index contributed by atoms with van der Waals surface area (Å²) >= 11 is 0. The van der Waals surface area contributed by atoms with Gasteiger partial charge in [-0.2, -0.15) is 0 Å². The normalized spacial score (nSPS) is 11.4. The van der Waals surface area contributed by atoms with Crippen molar-refractivity contribution in [3.8, 4) is 0 Å². The minimum atomic E-state index is 0.968. The second-order valence-electron chi connectivity index (χ2n) is 9.39. The highest BCUT2D eigenvalue weighted by Gasteiger charge is 1.96. The number of ether oxygens (including phenoxy) is 1. The Morgan fingerprint density at radius 3 is 0.828 bits per heavy atom. The molecule has 0 saturated carbocycles. The summed E-state index contributed by atoms with van der Waals surface area (Å²) in [5.74, 6) is 0. The van der Waals surface area contributed by atoms with Crippen molar-refractivity contribution in [2.24, 2.45) is 0 Å². The molecule has 0 radical (unpaired) electrons. The molecule has 0 fully saturated rings. The fourth-order valence-corrected chi connectivity index (χ4v) is 4.16. The zero-order valence-corrected chi connectivity index (χ0v) is 20.8. The van der Waals surface area contributed by atoms with Crippen LogP contribution < -0.4 is 0 Å². The van der Waals surface area contributed by atoms with E-state index < -0.39 is 0 Å². The van der Waals surface area contributed by atoms with Crippen LogP contribution in [0.1, 0.15) is 168 Å². The lowest BCUT2D eigenvalue weighted by molar-refractivity contribution is 0.127. The van der Waals surface area contributed by atoms with Gasteiger partial charge in [0.25, 0.3) is 0 Å². The van der Waals surface area contributed by atoms with Crippen molar-refractivity contribution in [2.45, 2.75) is 168 Å². The van der Waals surface area contributed by atoms with Crippen LogP contribution in [0.3, 0.4) is 0 Å². The molecule has 29 heavy (non-hydrogen) atoms. The van der Waals surface area contributed by atoms with Gasteiger partial charge in [-0.25, -0.2) is 0 Å². The van der Waals surface area contributed by atoms with Gasteiger partial charge in [0.1, 0.15) is 0 Å². The molecule has 0 amide bonds. The van der Waals surface area contributed by atoms with Gasteiger partial charge in [-0.1, -0.05) is 155 Å². The average Bonchev–Trinajstić information content (AvgIpc) is 2.74. The van der Waals surface area contributed by atoms with Gasteiger partial charge in [-0.3, -0.25) is 0 Å². The van der Waals surface area contributed by atoms with Crippen LogP contribution in [0.2, 0.25) is 0 Å². The minimum Gasteiger partial charge on any atom is -0.381 e. The fraction of sp³-hybridized carbons (Fsp3) is 1.00. The maximum Gasteiger partial charge on any atom is 0.0466 e. The van der Waals surface area contributed by atoms with Crippen molar-refractivity contribution in [1.29, 1.82) is 0 Å². The van der Waals surface area contributed by atoms with Crippen molar-refractivity contribution in [3.63, 3.8) is 0 Å². The summed E-state index contributed by atoms with van der Waals surface area (Å²) in [4.78, 5) is 0. The second-order valence-corrected chi connectivity index (χ2v) is 9.39. The first-order valence-electron chi connectivity index (χ1n) is 14.0. The molecule has 0 bridgehead atoms. The first kappa shape index (κ1) is 29.0. The van der Waals surface area contributed by atoms with Crippen molar-refractivity contribution < 1.29 is 4.74 Å². The lowest BCUT2D eigenvalue weighted by Gasteiger charge is -2.05. The van der Waals surface area contributed by atoms with E-state index in [0.717, 1.165) is 13.2 Å². The first-order chi connectivity index (χ1) is 14.4. The van der Waals surface area contributed by atoms with E-state index in [9.17, 15) is 0 Å². The standard InChI is InChI=1S/C28H58O/c1-3-5-7-8-9-10-11-12-13-14-15-16-17-18-19-20-21-22-23-24-25-26-28-29-27-6-4-2/h3-28H2,1-2H3. The number of hydrogen-bond donors (Lipinski definition) is 0. The predicted molar refractivity (Wildman–Crippen MR) is 133 cm³/mol. The summed E-state index contributed by atoms with van der Waals surface area (Å²) in [6, 6.07) is 0. The Kier molecular flexibility index (Phi) is 27.9. The van der Waals surface area contributed by atoms with Crippen molar-refractivity contribution in [2.75, 3.05) is 13.2 Å². The molecule has 0 aliphatic heterocycles. The summed E-state index contributed by atoms with van der Waals surface area (Å²) < 4.78 is 5.62. The van der Waals surface area contributed by atoms with Crippen molar-refractivity contribution in [3.05, 3.63) is 0 Å². The van der Waals surface area contributed by atoms with Gasteiger partial charge in [0.15, 0.2) is 0 Å². The molecule has 1 nitrogen and oxygen atoms in total. The smallest absolute Gasteiger partial charge is 0.0466 e. The molecular formula is C28H58O. The molecule has 1 heteroatoms. The van der Waals surface area contributed by atoms with E-state index >= 15 is 0 Å². The van der Waals surface area contributed by atoms with Gasteiger partial charge in [0, 0.05) is 13.2 Å². The zero-order valence-electron chi connectivity index (χ0n) is 20.8. The Morgan fingerprint density at radius 2 is 0.517 bits per heavy atom. The first-order valence-corrected chi connectivity index (χ1v) is 14.0. The van der Waals surface area contributed by atoms with Crippen molar-refractivity contribution in [1.82, 2.24) is 0 Å². The second kappa shape index (κ2) is 28.0. The van der Waals surface area contributed by atoms with Gasteiger partial charge >= 0.3 is 0 Å². The van der Waals surface area contributed by atoms with Crippen molar-refractivity contribution >= 4 is 0 Å². The van der Waals surface area contributed by atoms with Crippen LogP contribution in [0.4, 0.5) is 0 Å². The summed E-state index contributed by atoms with van der Waals surface area (Å²) in [5, 5.41) is 0. The molecule has 0 saturated heterocycles. The minimum absolute atomic E-state index is 0.968. The molecule has 0 N–H and O–H groups in total. The Hall–Kier alpha value is -0.0400. The fourth-order valence-electron chi connectivity index (χ4n) is 4.16. The van der Waals surface area contributed by atoms with Crippen LogP contribution in [0.5, 0.6) is 0 Å². The molecule has 0 aliphatic carbocycles. The van der Waals surface area contributed by atoms with Gasteiger partial charge in [-0.15, -0.1) is 0 Å². The average molecular weight is 411 g/mol. The van der Waals surface area contributed by atoms with E-state index in [1.165, 1.54) is 154 Å². The Labute approximate surface area is 186 Å². The van der Waals surface area contributed by atoms with Crippen LogP contribution in [0.15, 0.2) is 0 Å². The van der Waals surface area contributed by atoms with Gasteiger partial charge in [0.05, 0.1) is 0 Å². The molecule has 0 aliphatic rings. The van der Waals surface area contributed by atoms with Crippen LogP contribution in [0.25, 0.3) is 0 Å². The SMILES string of the molecule is CCCCCCCCCCCCCCCCCCCCCCCCOCCCC. The molecule has 176 valence electrons. The van der Waals surface area contributed by atoms with Crippen LogP contribution >= 0.6 is 0 Å². The molecule has 0 aromatic heterocycles. The van der Waals surface area contributed by atoms with E-state index in [0.29, 0.717) is 0 Å². The highest BCUT2D eigenvalue weighted by atomic mass is 16.5. The third-order valence-electron chi connectivity index (χ3n) is 6.28. The topological polar surface area (TPSA) is 9.23 Å². The summed E-state index contributed by atoms with van der Waals surface area (Å²) in [6.45, 7) is 6.48. The maximum atomic E-state index is 5.62. The van der Waals surface area contributed by atoms with Gasteiger partial charge in [0.2, 0.25) is 0 Å². The molecule has 0 heterocycles. The maximum absolute atomic E-state index is 5.62. The predicted octanol–water partition coefficient (Wildman–Crippen LogP) is 10.4. The molecule has 0 unspecified atom stereocenters. The highest BCUT2D eigenvalue weighted by molar-refractivity contribution is 4.51.